The number of Topliss-reactive ketones (excluding diaryl/α,β-unsaturated/α-hetero) is 1. The maximum absolute atomic E-state index is 12.9. The van der Waals surface area contributed by atoms with Crippen LogP contribution >= 0.6 is 0 Å². The van der Waals surface area contributed by atoms with Crippen LogP contribution in [0.4, 0.5) is 0 Å². The highest BCUT2D eigenvalue weighted by molar-refractivity contribution is 5.98. The standard InChI is InChI=1S/C20H28O/c1-3-5-6-10-15-20(4-2)16-11-14-18(20)19(21)17-12-8-7-9-13-17/h7-10,12-13,15,18H,3-6,11,14,16H2,1-2H3/b15-10+/t18-,20-/m0/s1. The third kappa shape index (κ3) is 3.64. The highest BCUT2D eigenvalue weighted by Gasteiger charge is 2.43. The largest absolute Gasteiger partial charge is 0.294 e. The molecule has 1 aliphatic carbocycles. The molecule has 1 aromatic carbocycles. The first-order valence-electron chi connectivity index (χ1n) is 8.50. The second-order valence-electron chi connectivity index (χ2n) is 6.31. The minimum absolute atomic E-state index is 0.0979. The van der Waals surface area contributed by atoms with Gasteiger partial charge in [0.05, 0.1) is 0 Å². The number of hydrogen-bond donors (Lipinski definition) is 0. The third-order valence-electron chi connectivity index (χ3n) is 5.04. The van der Waals surface area contributed by atoms with Crippen molar-refractivity contribution >= 4 is 5.78 Å². The van der Waals surface area contributed by atoms with Gasteiger partial charge in [-0.3, -0.25) is 4.79 Å². The normalized spacial score (nSPS) is 25.5. The number of unbranched alkanes of at least 4 members (excludes halogenated alkanes) is 2. The Morgan fingerprint density at radius 1 is 1.29 bits per heavy atom. The predicted octanol–water partition coefficient (Wildman–Crippen LogP) is 5.81. The maximum Gasteiger partial charge on any atom is 0.166 e. The Morgan fingerprint density at radius 2 is 2.05 bits per heavy atom. The Hall–Kier alpha value is -1.37. The van der Waals surface area contributed by atoms with Crippen LogP contribution in [0.2, 0.25) is 0 Å². The van der Waals surface area contributed by atoms with Crippen LogP contribution in [0.5, 0.6) is 0 Å². The van der Waals surface area contributed by atoms with Gasteiger partial charge in [-0.1, -0.05) is 75.6 Å². The lowest BCUT2D eigenvalue weighted by molar-refractivity contribution is 0.0843. The fourth-order valence-corrected chi connectivity index (χ4v) is 3.67. The van der Waals surface area contributed by atoms with E-state index in [4.69, 9.17) is 0 Å². The van der Waals surface area contributed by atoms with E-state index in [-0.39, 0.29) is 11.3 Å². The molecule has 1 heteroatoms. The van der Waals surface area contributed by atoms with Gasteiger partial charge < -0.3 is 0 Å². The van der Waals surface area contributed by atoms with Crippen LogP contribution in [-0.2, 0) is 0 Å². The molecule has 1 saturated carbocycles. The topological polar surface area (TPSA) is 17.1 Å². The van der Waals surface area contributed by atoms with E-state index in [1.807, 2.05) is 30.3 Å². The number of hydrogen-bond acceptors (Lipinski definition) is 1. The number of rotatable bonds is 7. The first kappa shape index (κ1) is 16.0. The van der Waals surface area contributed by atoms with Gasteiger partial charge >= 0.3 is 0 Å². The molecular formula is C20H28O. The minimum Gasteiger partial charge on any atom is -0.294 e. The Morgan fingerprint density at radius 3 is 2.71 bits per heavy atom. The van der Waals surface area contributed by atoms with E-state index in [1.54, 1.807) is 0 Å². The van der Waals surface area contributed by atoms with Gasteiger partial charge in [-0.2, -0.15) is 0 Å². The summed E-state index contributed by atoms with van der Waals surface area (Å²) in [7, 11) is 0. The zero-order chi connectivity index (χ0) is 15.1. The average Bonchev–Trinajstić information content (AvgIpc) is 2.96. The summed E-state index contributed by atoms with van der Waals surface area (Å²) in [6.45, 7) is 4.46. The molecule has 1 fully saturated rings. The molecule has 0 N–H and O–H groups in total. The number of allylic oxidation sites excluding steroid dienone is 2. The van der Waals surface area contributed by atoms with Crippen LogP contribution in [0.15, 0.2) is 42.5 Å². The molecule has 0 amide bonds. The highest BCUT2D eigenvalue weighted by atomic mass is 16.1. The van der Waals surface area contributed by atoms with Gasteiger partial charge in [-0.05, 0) is 31.1 Å². The van der Waals surface area contributed by atoms with Crippen molar-refractivity contribution in [1.29, 1.82) is 0 Å². The smallest absolute Gasteiger partial charge is 0.166 e. The summed E-state index contributed by atoms with van der Waals surface area (Å²) in [5, 5.41) is 0. The summed E-state index contributed by atoms with van der Waals surface area (Å²) in [5.41, 5.74) is 0.977. The van der Waals surface area contributed by atoms with E-state index < -0.39 is 0 Å². The van der Waals surface area contributed by atoms with Crippen molar-refractivity contribution in [2.45, 2.75) is 58.8 Å². The van der Waals surface area contributed by atoms with E-state index in [9.17, 15) is 4.79 Å². The van der Waals surface area contributed by atoms with Gasteiger partial charge in [-0.15, -0.1) is 0 Å². The second kappa shape index (κ2) is 7.59. The molecule has 114 valence electrons. The molecular weight excluding hydrogens is 256 g/mol. The Kier molecular flexibility index (Phi) is 5.78. The van der Waals surface area contributed by atoms with Gasteiger partial charge in [0.1, 0.15) is 0 Å². The molecule has 0 radical (unpaired) electrons. The maximum atomic E-state index is 12.9. The molecule has 0 heterocycles. The fourth-order valence-electron chi connectivity index (χ4n) is 3.67. The zero-order valence-corrected chi connectivity index (χ0v) is 13.5. The lowest BCUT2D eigenvalue weighted by Crippen LogP contribution is -2.29. The number of carbonyl (C=O) groups is 1. The van der Waals surface area contributed by atoms with Crippen LogP contribution < -0.4 is 0 Å². The van der Waals surface area contributed by atoms with Crippen molar-refractivity contribution in [3.8, 4) is 0 Å². The molecule has 1 aliphatic rings. The van der Waals surface area contributed by atoms with Crippen molar-refractivity contribution in [2.24, 2.45) is 11.3 Å². The fraction of sp³-hybridized carbons (Fsp3) is 0.550. The van der Waals surface area contributed by atoms with Crippen LogP contribution in [0.3, 0.4) is 0 Å². The van der Waals surface area contributed by atoms with E-state index in [1.165, 1.54) is 19.3 Å². The van der Waals surface area contributed by atoms with Gasteiger partial charge in [0.25, 0.3) is 0 Å². The number of carbonyl (C=O) groups excluding carboxylic acids is 1. The van der Waals surface area contributed by atoms with Gasteiger partial charge in [0, 0.05) is 11.5 Å². The molecule has 0 aromatic heterocycles. The number of ketones is 1. The van der Waals surface area contributed by atoms with Crippen molar-refractivity contribution in [3.63, 3.8) is 0 Å². The summed E-state index contributed by atoms with van der Waals surface area (Å²) in [4.78, 5) is 12.9. The van der Waals surface area contributed by atoms with E-state index in [2.05, 4.69) is 26.0 Å². The molecule has 0 saturated heterocycles. The molecule has 2 atom stereocenters. The molecule has 0 bridgehead atoms. The average molecular weight is 284 g/mol. The Labute approximate surface area is 129 Å². The first-order chi connectivity index (χ1) is 10.2. The predicted molar refractivity (Wildman–Crippen MR) is 89.5 cm³/mol. The summed E-state index contributed by atoms with van der Waals surface area (Å²) >= 11 is 0. The summed E-state index contributed by atoms with van der Waals surface area (Å²) in [6, 6.07) is 9.83. The van der Waals surface area contributed by atoms with Crippen molar-refractivity contribution in [2.75, 3.05) is 0 Å². The second-order valence-corrected chi connectivity index (χ2v) is 6.31. The highest BCUT2D eigenvalue weighted by Crippen LogP contribution is 2.48. The lowest BCUT2D eigenvalue weighted by atomic mass is 9.72. The van der Waals surface area contributed by atoms with Crippen LogP contribution in [0, 0.1) is 11.3 Å². The van der Waals surface area contributed by atoms with E-state index in [0.717, 1.165) is 31.2 Å². The third-order valence-corrected chi connectivity index (χ3v) is 5.04. The van der Waals surface area contributed by atoms with Crippen molar-refractivity contribution in [1.82, 2.24) is 0 Å². The molecule has 0 spiro atoms. The van der Waals surface area contributed by atoms with Crippen molar-refractivity contribution < 1.29 is 4.79 Å². The Bertz CT molecular complexity index is 474. The van der Waals surface area contributed by atoms with E-state index in [0.29, 0.717) is 5.78 Å². The molecule has 21 heavy (non-hydrogen) atoms. The first-order valence-corrected chi connectivity index (χ1v) is 8.50. The van der Waals surface area contributed by atoms with Gasteiger partial charge in [0.2, 0.25) is 0 Å². The lowest BCUT2D eigenvalue weighted by Gasteiger charge is -2.31. The van der Waals surface area contributed by atoms with Crippen LogP contribution in [0.25, 0.3) is 0 Å². The van der Waals surface area contributed by atoms with Gasteiger partial charge in [0.15, 0.2) is 5.78 Å². The van der Waals surface area contributed by atoms with E-state index >= 15 is 0 Å². The zero-order valence-electron chi connectivity index (χ0n) is 13.5. The molecule has 1 aromatic rings. The Balaban J connectivity index is 2.17. The SMILES string of the molecule is CCCC/C=C/[C@@]1(CC)CCC[C@H]1C(=O)c1ccccc1. The minimum atomic E-state index is 0.0979. The molecule has 1 nitrogen and oxygen atoms in total. The molecule has 2 rings (SSSR count). The van der Waals surface area contributed by atoms with Crippen LogP contribution in [-0.4, -0.2) is 5.78 Å². The summed E-state index contributed by atoms with van der Waals surface area (Å²) in [6.07, 6.45) is 12.8. The number of benzene rings is 1. The molecule has 0 unspecified atom stereocenters. The summed E-state index contributed by atoms with van der Waals surface area (Å²) < 4.78 is 0. The van der Waals surface area contributed by atoms with Crippen molar-refractivity contribution in [3.05, 3.63) is 48.0 Å². The van der Waals surface area contributed by atoms with Crippen LogP contribution in [0.1, 0.15) is 69.2 Å². The molecule has 0 aliphatic heterocycles. The quantitative estimate of drug-likeness (QED) is 0.350. The van der Waals surface area contributed by atoms with Gasteiger partial charge in [-0.25, -0.2) is 0 Å². The monoisotopic (exact) mass is 284 g/mol. The summed E-state index contributed by atoms with van der Waals surface area (Å²) in [5.74, 6) is 0.512.